The molecule has 2 aliphatic carbocycles. The molecule has 0 radical (unpaired) electrons. The normalized spacial score (nSPS) is 26.3. The molecule has 1 aromatic rings. The lowest BCUT2D eigenvalue weighted by Gasteiger charge is -2.33. The van der Waals surface area contributed by atoms with E-state index >= 15 is 0 Å². The third kappa shape index (κ3) is 3.39. The molecular weight excluding hydrogens is 334 g/mol. The molecule has 2 unspecified atom stereocenters. The molecule has 0 bridgehead atoms. The second-order valence-corrected chi connectivity index (χ2v) is 7.16. The molecule has 1 N–H and O–H groups in total. The Hall–Kier alpha value is -2.55. The second-order valence-electron chi connectivity index (χ2n) is 7.16. The number of nitriles is 1. The van der Waals surface area contributed by atoms with Gasteiger partial charge in [0.1, 0.15) is 11.7 Å². The highest BCUT2D eigenvalue weighted by molar-refractivity contribution is 5.99. The Bertz CT molecular complexity index is 747. The number of methoxy groups -OCH3 is 1. The van der Waals surface area contributed by atoms with Crippen LogP contribution in [0.25, 0.3) is 0 Å². The zero-order chi connectivity index (χ0) is 18.7. The van der Waals surface area contributed by atoms with Crippen LogP contribution in [0.15, 0.2) is 18.2 Å². The Balaban J connectivity index is 1.90. The SMILES string of the molecule is COc1ccc(C2(C#N)CCC(C(=O)O)C(=O)C2)cc1OC1CCCC1. The molecule has 138 valence electrons. The van der Waals surface area contributed by atoms with Gasteiger partial charge in [-0.05, 0) is 56.2 Å². The number of ether oxygens (including phenoxy) is 2. The van der Waals surface area contributed by atoms with E-state index in [0.29, 0.717) is 23.5 Å². The molecule has 0 heterocycles. The monoisotopic (exact) mass is 357 g/mol. The summed E-state index contributed by atoms with van der Waals surface area (Å²) in [5, 5.41) is 19.0. The predicted octanol–water partition coefficient (Wildman–Crippen LogP) is 3.23. The predicted molar refractivity (Wildman–Crippen MR) is 93.2 cm³/mol. The quantitative estimate of drug-likeness (QED) is 0.813. The Morgan fingerprint density at radius 3 is 2.58 bits per heavy atom. The van der Waals surface area contributed by atoms with Gasteiger partial charge in [0.05, 0.1) is 24.7 Å². The van der Waals surface area contributed by atoms with Gasteiger partial charge in [-0.15, -0.1) is 0 Å². The highest BCUT2D eigenvalue weighted by atomic mass is 16.5. The first kappa shape index (κ1) is 18.2. The third-order valence-corrected chi connectivity index (χ3v) is 5.55. The summed E-state index contributed by atoms with van der Waals surface area (Å²) >= 11 is 0. The number of rotatable bonds is 5. The fraction of sp³-hybridized carbons (Fsp3) is 0.550. The third-order valence-electron chi connectivity index (χ3n) is 5.55. The fourth-order valence-corrected chi connectivity index (χ4v) is 3.98. The standard InChI is InChI=1S/C20H23NO5/c1-25-17-7-6-13(10-18(17)26-14-4-2-3-5-14)20(12-21)9-8-15(19(23)24)16(22)11-20/h6-7,10,14-15H,2-5,8-9,11H2,1H3,(H,23,24). The van der Waals surface area contributed by atoms with Gasteiger partial charge < -0.3 is 14.6 Å². The molecular formula is C20H23NO5. The van der Waals surface area contributed by atoms with Crippen molar-refractivity contribution in [1.82, 2.24) is 0 Å². The summed E-state index contributed by atoms with van der Waals surface area (Å²) in [5.41, 5.74) is -0.325. The molecule has 0 spiro atoms. The molecule has 3 rings (SSSR count). The van der Waals surface area contributed by atoms with Crippen LogP contribution in [0.2, 0.25) is 0 Å². The fourth-order valence-electron chi connectivity index (χ4n) is 3.98. The van der Waals surface area contributed by atoms with Crippen molar-refractivity contribution in [2.45, 2.75) is 56.5 Å². The zero-order valence-electron chi connectivity index (χ0n) is 14.9. The van der Waals surface area contributed by atoms with Crippen LogP contribution in [-0.2, 0) is 15.0 Å². The number of carboxylic acid groups (broad SMARTS) is 1. The van der Waals surface area contributed by atoms with Crippen LogP contribution in [0.4, 0.5) is 0 Å². The number of hydrogen-bond donors (Lipinski definition) is 1. The van der Waals surface area contributed by atoms with Crippen molar-refractivity contribution in [3.05, 3.63) is 23.8 Å². The van der Waals surface area contributed by atoms with Gasteiger partial charge in [-0.2, -0.15) is 5.26 Å². The number of aliphatic carboxylic acids is 1. The maximum atomic E-state index is 12.3. The Kier molecular flexibility index (Phi) is 5.17. The van der Waals surface area contributed by atoms with Crippen molar-refractivity contribution in [2.24, 2.45) is 5.92 Å². The lowest BCUT2D eigenvalue weighted by molar-refractivity contribution is -0.148. The van der Waals surface area contributed by atoms with E-state index in [0.717, 1.165) is 25.7 Å². The van der Waals surface area contributed by atoms with Gasteiger partial charge in [-0.1, -0.05) is 6.07 Å². The molecule has 2 saturated carbocycles. The minimum Gasteiger partial charge on any atom is -0.493 e. The Labute approximate surface area is 152 Å². The minimum absolute atomic E-state index is 0.0876. The molecule has 0 aromatic heterocycles. The highest BCUT2D eigenvalue weighted by Crippen LogP contribution is 2.43. The lowest BCUT2D eigenvalue weighted by Crippen LogP contribution is -2.39. The summed E-state index contributed by atoms with van der Waals surface area (Å²) in [6, 6.07) is 7.59. The van der Waals surface area contributed by atoms with Gasteiger partial charge in [-0.25, -0.2) is 0 Å². The van der Waals surface area contributed by atoms with Crippen molar-refractivity contribution in [1.29, 1.82) is 5.26 Å². The van der Waals surface area contributed by atoms with Crippen molar-refractivity contribution < 1.29 is 24.2 Å². The second kappa shape index (κ2) is 7.36. The summed E-state index contributed by atoms with van der Waals surface area (Å²) in [6.07, 6.45) is 4.83. The van der Waals surface area contributed by atoms with Crippen molar-refractivity contribution in [3.63, 3.8) is 0 Å². The number of carbonyl (C=O) groups excluding carboxylic acids is 1. The van der Waals surface area contributed by atoms with Crippen LogP contribution in [0.5, 0.6) is 11.5 Å². The summed E-state index contributed by atoms with van der Waals surface area (Å²) in [7, 11) is 1.57. The van der Waals surface area contributed by atoms with Crippen LogP contribution in [0.1, 0.15) is 50.5 Å². The van der Waals surface area contributed by atoms with E-state index in [2.05, 4.69) is 6.07 Å². The molecule has 6 heteroatoms. The number of hydrogen-bond acceptors (Lipinski definition) is 5. The summed E-state index contributed by atoms with van der Waals surface area (Å²) in [5.74, 6) is -1.33. The molecule has 6 nitrogen and oxygen atoms in total. The first-order chi connectivity index (χ1) is 12.5. The summed E-state index contributed by atoms with van der Waals surface area (Å²) in [6.45, 7) is 0. The Morgan fingerprint density at radius 1 is 1.27 bits per heavy atom. The van der Waals surface area contributed by atoms with Crippen LogP contribution in [0, 0.1) is 17.2 Å². The number of nitrogens with zero attached hydrogens (tertiary/aromatic N) is 1. The van der Waals surface area contributed by atoms with Crippen LogP contribution >= 0.6 is 0 Å². The van der Waals surface area contributed by atoms with E-state index in [9.17, 15) is 14.9 Å². The van der Waals surface area contributed by atoms with E-state index in [-0.39, 0.29) is 24.7 Å². The van der Waals surface area contributed by atoms with E-state index in [1.54, 1.807) is 25.3 Å². The molecule has 2 atom stereocenters. The first-order valence-electron chi connectivity index (χ1n) is 9.01. The van der Waals surface area contributed by atoms with Gasteiger partial charge in [-0.3, -0.25) is 9.59 Å². The average molecular weight is 357 g/mol. The summed E-state index contributed by atoms with van der Waals surface area (Å²) in [4.78, 5) is 23.5. The van der Waals surface area contributed by atoms with E-state index in [1.807, 2.05) is 0 Å². The number of ketones is 1. The Morgan fingerprint density at radius 2 is 2.00 bits per heavy atom. The van der Waals surface area contributed by atoms with Gasteiger partial charge >= 0.3 is 5.97 Å². The molecule has 0 amide bonds. The van der Waals surface area contributed by atoms with Crippen molar-refractivity contribution in [2.75, 3.05) is 7.11 Å². The number of carboxylic acids is 1. The van der Waals surface area contributed by atoms with Gasteiger partial charge in [0, 0.05) is 6.42 Å². The van der Waals surface area contributed by atoms with Gasteiger partial charge in [0.25, 0.3) is 0 Å². The highest BCUT2D eigenvalue weighted by Gasteiger charge is 2.44. The molecule has 0 aliphatic heterocycles. The minimum atomic E-state index is -1.11. The van der Waals surface area contributed by atoms with Gasteiger partial charge in [0.15, 0.2) is 11.5 Å². The van der Waals surface area contributed by atoms with Crippen LogP contribution in [-0.4, -0.2) is 30.1 Å². The number of benzene rings is 1. The maximum absolute atomic E-state index is 12.3. The molecule has 1 aromatic carbocycles. The molecule has 26 heavy (non-hydrogen) atoms. The molecule has 2 aliphatic rings. The number of carbonyl (C=O) groups is 2. The zero-order valence-corrected chi connectivity index (χ0v) is 14.9. The lowest BCUT2D eigenvalue weighted by atomic mass is 9.67. The van der Waals surface area contributed by atoms with Gasteiger partial charge in [0.2, 0.25) is 0 Å². The summed E-state index contributed by atoms with van der Waals surface area (Å²) < 4.78 is 11.5. The van der Waals surface area contributed by atoms with Crippen LogP contribution < -0.4 is 9.47 Å². The van der Waals surface area contributed by atoms with E-state index in [1.165, 1.54) is 0 Å². The molecule has 2 fully saturated rings. The smallest absolute Gasteiger partial charge is 0.314 e. The van der Waals surface area contributed by atoms with E-state index < -0.39 is 17.3 Å². The topological polar surface area (TPSA) is 96.6 Å². The van der Waals surface area contributed by atoms with Crippen LogP contribution in [0.3, 0.4) is 0 Å². The van der Waals surface area contributed by atoms with E-state index in [4.69, 9.17) is 14.6 Å². The maximum Gasteiger partial charge on any atom is 0.314 e. The first-order valence-corrected chi connectivity index (χ1v) is 9.01. The van der Waals surface area contributed by atoms with Crippen molar-refractivity contribution in [3.8, 4) is 17.6 Å². The molecule has 0 saturated heterocycles. The average Bonchev–Trinajstić information content (AvgIpc) is 3.14. The number of Topliss-reactive ketones (excluding diaryl/α,β-unsaturated/α-hetero) is 1. The largest absolute Gasteiger partial charge is 0.493 e. The van der Waals surface area contributed by atoms with Crippen molar-refractivity contribution >= 4 is 11.8 Å².